The first-order valence-corrected chi connectivity index (χ1v) is 14.2. The van der Waals surface area contributed by atoms with Crippen molar-refractivity contribution in [2.75, 3.05) is 5.75 Å². The van der Waals surface area contributed by atoms with Crippen molar-refractivity contribution in [2.45, 2.75) is 56.5 Å². The maximum atomic E-state index is 14.1. The van der Waals surface area contributed by atoms with E-state index < -0.39 is 6.04 Å². The van der Waals surface area contributed by atoms with Crippen molar-refractivity contribution in [1.29, 1.82) is 0 Å². The van der Waals surface area contributed by atoms with Crippen LogP contribution in [0.2, 0.25) is 5.02 Å². The molecule has 1 atom stereocenters. The number of carbonyl (C=O) groups excluding carboxylic acids is 2. The van der Waals surface area contributed by atoms with E-state index in [1.54, 1.807) is 35.2 Å². The quantitative estimate of drug-likeness (QED) is 0.307. The zero-order valence-corrected chi connectivity index (χ0v) is 22.3. The molecular weight excluding hydrogens is 507 g/mol. The summed E-state index contributed by atoms with van der Waals surface area (Å²) in [6, 6.07) is 23.2. The van der Waals surface area contributed by atoms with Crippen LogP contribution in [-0.4, -0.2) is 34.6 Å². The van der Waals surface area contributed by atoms with Crippen molar-refractivity contribution in [1.82, 2.24) is 10.2 Å². The SMILES string of the molecule is O=C(NC1CCCC1)C(Cc1ccccc1)N(Cc1ccc(Cl)cc1)C(=O)CSCc1ccccc1F. The molecule has 0 heterocycles. The predicted molar refractivity (Wildman–Crippen MR) is 149 cm³/mol. The lowest BCUT2D eigenvalue weighted by Gasteiger charge is -2.32. The maximum Gasteiger partial charge on any atom is 0.243 e. The molecule has 1 N–H and O–H groups in total. The van der Waals surface area contributed by atoms with Gasteiger partial charge in [0.15, 0.2) is 0 Å². The van der Waals surface area contributed by atoms with E-state index in [4.69, 9.17) is 11.6 Å². The minimum Gasteiger partial charge on any atom is -0.352 e. The highest BCUT2D eigenvalue weighted by Crippen LogP contribution is 2.22. The number of amides is 2. The molecule has 0 aliphatic heterocycles. The van der Waals surface area contributed by atoms with Crippen LogP contribution < -0.4 is 5.32 Å². The molecule has 1 unspecified atom stereocenters. The number of benzene rings is 3. The van der Waals surface area contributed by atoms with Crippen molar-refractivity contribution < 1.29 is 14.0 Å². The van der Waals surface area contributed by atoms with E-state index in [0.717, 1.165) is 36.8 Å². The minimum atomic E-state index is -0.666. The average molecular weight is 539 g/mol. The second-order valence-electron chi connectivity index (χ2n) is 9.43. The molecule has 0 aromatic heterocycles. The lowest BCUT2D eigenvalue weighted by Crippen LogP contribution is -2.52. The second kappa shape index (κ2) is 13.6. The van der Waals surface area contributed by atoms with Gasteiger partial charge in [0.25, 0.3) is 0 Å². The lowest BCUT2D eigenvalue weighted by molar-refractivity contribution is -0.139. The van der Waals surface area contributed by atoms with Gasteiger partial charge >= 0.3 is 0 Å². The van der Waals surface area contributed by atoms with Crippen LogP contribution in [0.5, 0.6) is 0 Å². The summed E-state index contributed by atoms with van der Waals surface area (Å²) in [4.78, 5) is 29.0. The molecule has 1 saturated carbocycles. The van der Waals surface area contributed by atoms with Crippen LogP contribution in [0.25, 0.3) is 0 Å². The molecule has 1 aliphatic rings. The third-order valence-electron chi connectivity index (χ3n) is 6.68. The van der Waals surface area contributed by atoms with Crippen molar-refractivity contribution in [3.63, 3.8) is 0 Å². The monoisotopic (exact) mass is 538 g/mol. The van der Waals surface area contributed by atoms with E-state index >= 15 is 0 Å². The van der Waals surface area contributed by atoms with Gasteiger partial charge in [-0.3, -0.25) is 9.59 Å². The molecule has 0 radical (unpaired) electrons. The highest BCUT2D eigenvalue weighted by Gasteiger charge is 2.32. The molecule has 194 valence electrons. The van der Waals surface area contributed by atoms with Gasteiger partial charge in [-0.05, 0) is 47.7 Å². The summed E-state index contributed by atoms with van der Waals surface area (Å²) in [5.74, 6) is -0.0382. The van der Waals surface area contributed by atoms with Gasteiger partial charge in [0, 0.05) is 29.8 Å². The van der Waals surface area contributed by atoms with E-state index in [1.165, 1.54) is 17.8 Å². The Hall–Kier alpha value is -2.83. The summed E-state index contributed by atoms with van der Waals surface area (Å²) >= 11 is 7.44. The molecule has 1 fully saturated rings. The average Bonchev–Trinajstić information content (AvgIpc) is 3.42. The van der Waals surface area contributed by atoms with Crippen molar-refractivity contribution >= 4 is 35.2 Å². The van der Waals surface area contributed by atoms with Gasteiger partial charge in [-0.25, -0.2) is 4.39 Å². The fourth-order valence-electron chi connectivity index (χ4n) is 4.65. The summed E-state index contributed by atoms with van der Waals surface area (Å²) < 4.78 is 14.1. The van der Waals surface area contributed by atoms with Gasteiger partial charge in [-0.15, -0.1) is 11.8 Å². The predicted octanol–water partition coefficient (Wildman–Crippen LogP) is 6.41. The Morgan fingerprint density at radius 3 is 2.32 bits per heavy atom. The Morgan fingerprint density at radius 1 is 0.946 bits per heavy atom. The summed E-state index contributed by atoms with van der Waals surface area (Å²) in [6.07, 6.45) is 4.56. The minimum absolute atomic E-state index is 0.128. The van der Waals surface area contributed by atoms with Gasteiger partial charge in [-0.2, -0.15) is 0 Å². The smallest absolute Gasteiger partial charge is 0.243 e. The third-order valence-corrected chi connectivity index (χ3v) is 7.90. The third kappa shape index (κ3) is 8.08. The molecule has 0 spiro atoms. The first-order valence-electron chi connectivity index (χ1n) is 12.7. The maximum absolute atomic E-state index is 14.1. The van der Waals surface area contributed by atoms with E-state index in [0.29, 0.717) is 22.8 Å². The van der Waals surface area contributed by atoms with Crippen molar-refractivity contribution in [3.8, 4) is 0 Å². The summed E-state index contributed by atoms with van der Waals surface area (Å²) in [5.41, 5.74) is 2.44. The fraction of sp³-hybridized carbons (Fsp3) is 0.333. The number of halogens is 2. The standard InChI is InChI=1S/C30H32ClFN2O2S/c31-25-16-14-23(15-17-25)19-34(29(35)21-37-20-24-10-4-7-13-27(24)32)28(18-22-8-2-1-3-9-22)30(36)33-26-11-5-6-12-26/h1-4,7-10,13-17,26,28H,5-6,11-12,18-21H2,(H,33,36). The molecule has 3 aromatic rings. The Kier molecular flexibility index (Phi) is 10.0. The van der Waals surface area contributed by atoms with E-state index in [9.17, 15) is 14.0 Å². The van der Waals surface area contributed by atoms with Gasteiger partial charge in [0.2, 0.25) is 11.8 Å². The summed E-state index contributed by atoms with van der Waals surface area (Å²) in [5, 5.41) is 3.82. The highest BCUT2D eigenvalue weighted by molar-refractivity contribution is 7.99. The molecule has 4 nitrogen and oxygen atoms in total. The number of rotatable bonds is 11. The van der Waals surface area contributed by atoms with Crippen LogP contribution >= 0.6 is 23.4 Å². The zero-order chi connectivity index (χ0) is 26.0. The lowest BCUT2D eigenvalue weighted by atomic mass is 10.0. The Morgan fingerprint density at radius 2 is 1.62 bits per heavy atom. The van der Waals surface area contributed by atoms with Crippen LogP contribution in [0.15, 0.2) is 78.9 Å². The first kappa shape index (κ1) is 27.2. The molecular formula is C30H32ClFN2O2S. The zero-order valence-electron chi connectivity index (χ0n) is 20.7. The summed E-state index contributed by atoms with van der Waals surface area (Å²) in [6.45, 7) is 0.284. The Bertz CT molecular complexity index is 1170. The van der Waals surface area contributed by atoms with Crippen LogP contribution in [0.4, 0.5) is 4.39 Å². The molecule has 7 heteroatoms. The van der Waals surface area contributed by atoms with E-state index in [1.807, 2.05) is 42.5 Å². The van der Waals surface area contributed by atoms with Crippen molar-refractivity contribution in [2.24, 2.45) is 0 Å². The van der Waals surface area contributed by atoms with Gasteiger partial charge in [0.1, 0.15) is 11.9 Å². The van der Waals surface area contributed by atoms with Crippen LogP contribution in [0, 0.1) is 5.82 Å². The van der Waals surface area contributed by atoms with Gasteiger partial charge < -0.3 is 10.2 Å². The number of hydrogen-bond donors (Lipinski definition) is 1. The van der Waals surface area contributed by atoms with Gasteiger partial charge in [0.05, 0.1) is 5.75 Å². The van der Waals surface area contributed by atoms with Crippen LogP contribution in [0.3, 0.4) is 0 Å². The number of thioether (sulfide) groups is 1. The number of nitrogens with zero attached hydrogens (tertiary/aromatic N) is 1. The second-order valence-corrected chi connectivity index (χ2v) is 10.8. The molecule has 2 amide bonds. The van der Waals surface area contributed by atoms with Crippen molar-refractivity contribution in [3.05, 3.63) is 106 Å². The Labute approximate surface area is 227 Å². The van der Waals surface area contributed by atoms with Crippen LogP contribution in [-0.2, 0) is 28.3 Å². The Balaban J connectivity index is 1.56. The topological polar surface area (TPSA) is 49.4 Å². The van der Waals surface area contributed by atoms with E-state index in [-0.39, 0.29) is 36.0 Å². The largest absolute Gasteiger partial charge is 0.352 e. The normalized spacial score (nSPS) is 14.3. The van der Waals surface area contributed by atoms with Gasteiger partial charge in [-0.1, -0.05) is 85.1 Å². The number of nitrogens with one attached hydrogen (secondary N) is 1. The molecule has 4 rings (SSSR count). The molecule has 1 aliphatic carbocycles. The molecule has 0 bridgehead atoms. The first-order chi connectivity index (χ1) is 18.0. The number of carbonyl (C=O) groups is 2. The fourth-order valence-corrected chi connectivity index (χ4v) is 5.68. The molecule has 0 saturated heterocycles. The van der Waals surface area contributed by atoms with Crippen LogP contribution in [0.1, 0.15) is 42.4 Å². The molecule has 37 heavy (non-hydrogen) atoms. The summed E-state index contributed by atoms with van der Waals surface area (Å²) in [7, 11) is 0. The number of hydrogen-bond acceptors (Lipinski definition) is 3. The van der Waals surface area contributed by atoms with E-state index in [2.05, 4.69) is 5.32 Å². The highest BCUT2D eigenvalue weighted by atomic mass is 35.5. The molecule has 3 aromatic carbocycles.